The van der Waals surface area contributed by atoms with Gasteiger partial charge in [-0.15, -0.1) is 0 Å². The van der Waals surface area contributed by atoms with Crippen molar-refractivity contribution >= 4 is 17.7 Å². The van der Waals surface area contributed by atoms with Crippen molar-refractivity contribution in [1.29, 1.82) is 0 Å². The Morgan fingerprint density at radius 2 is 2.23 bits per heavy atom. The second kappa shape index (κ2) is 3.67. The van der Waals surface area contributed by atoms with Gasteiger partial charge < -0.3 is 0 Å². The number of rotatable bonds is 3. The molecule has 1 heterocycles. The van der Waals surface area contributed by atoms with Crippen molar-refractivity contribution in [2.75, 3.05) is 25.7 Å². The molecule has 0 aromatic carbocycles. The van der Waals surface area contributed by atoms with Crippen LogP contribution in [0.5, 0.6) is 0 Å². The maximum atomic E-state index is 11.2. The molecule has 1 aliphatic heterocycles. The maximum Gasteiger partial charge on any atom is 0.474 e. The Morgan fingerprint density at radius 3 is 2.62 bits per heavy atom. The van der Waals surface area contributed by atoms with Crippen LogP contribution in [0.4, 0.5) is 0 Å². The van der Waals surface area contributed by atoms with Crippen LogP contribution in [0.1, 0.15) is 0 Å². The van der Waals surface area contributed by atoms with E-state index in [0.29, 0.717) is 0 Å². The number of sulfone groups is 1. The summed E-state index contributed by atoms with van der Waals surface area (Å²) in [6.45, 7) is -0.0157. The normalized spacial score (nSPS) is 35.1. The van der Waals surface area contributed by atoms with Gasteiger partial charge in [0.2, 0.25) is 0 Å². The minimum atomic E-state index is -3.46. The first-order chi connectivity index (χ1) is 5.85. The second-order valence-electron chi connectivity index (χ2n) is 2.75. The van der Waals surface area contributed by atoms with Crippen LogP contribution in [0.25, 0.3) is 0 Å². The summed E-state index contributed by atoms with van der Waals surface area (Å²) in [4.78, 5) is 0. The molecule has 0 N–H and O–H groups in total. The van der Waals surface area contributed by atoms with Crippen LogP contribution >= 0.6 is 7.82 Å². The van der Waals surface area contributed by atoms with Crippen LogP contribution in [-0.2, 0) is 28.0 Å². The molecule has 0 amide bonds. The van der Waals surface area contributed by atoms with Crippen molar-refractivity contribution < 1.29 is 26.6 Å². The SMILES string of the molecule is COP1(=O)OCC(CS(C)(=O)=O)O1. The van der Waals surface area contributed by atoms with Crippen LogP contribution in [0.3, 0.4) is 0 Å². The Kier molecular flexibility index (Phi) is 3.14. The smallest absolute Gasteiger partial charge is 0.290 e. The molecular formula is C5H11O6PS. The summed E-state index contributed by atoms with van der Waals surface area (Å²) in [6, 6.07) is 0. The highest BCUT2D eigenvalue weighted by Gasteiger charge is 2.38. The van der Waals surface area contributed by atoms with Crippen molar-refractivity contribution in [2.45, 2.75) is 6.10 Å². The van der Waals surface area contributed by atoms with Gasteiger partial charge in [-0.2, -0.15) is 0 Å². The molecule has 2 atom stereocenters. The van der Waals surface area contributed by atoms with Crippen LogP contribution in [0, 0.1) is 0 Å². The first-order valence-corrected chi connectivity index (χ1v) is 7.03. The van der Waals surface area contributed by atoms with Crippen molar-refractivity contribution in [1.82, 2.24) is 0 Å². The first kappa shape index (κ1) is 11.1. The summed E-state index contributed by atoms with van der Waals surface area (Å²) in [5.41, 5.74) is 0. The van der Waals surface area contributed by atoms with Crippen LogP contribution in [0.2, 0.25) is 0 Å². The first-order valence-electron chi connectivity index (χ1n) is 3.51. The minimum absolute atomic E-state index is 0.0157. The predicted molar refractivity (Wildman–Crippen MR) is 45.2 cm³/mol. The third kappa shape index (κ3) is 3.36. The summed E-state index contributed by atoms with van der Waals surface area (Å²) in [7, 11) is -5.42. The lowest BCUT2D eigenvalue weighted by Crippen LogP contribution is -2.21. The highest BCUT2D eigenvalue weighted by atomic mass is 32.2. The molecule has 78 valence electrons. The Bertz CT molecular complexity index is 322. The van der Waals surface area contributed by atoms with Crippen molar-refractivity contribution in [2.24, 2.45) is 0 Å². The highest BCUT2D eigenvalue weighted by molar-refractivity contribution is 7.90. The van der Waals surface area contributed by atoms with Crippen LogP contribution in [-0.4, -0.2) is 40.2 Å². The summed E-state index contributed by atoms with van der Waals surface area (Å²) in [5, 5.41) is 0. The van der Waals surface area contributed by atoms with E-state index in [1.54, 1.807) is 0 Å². The lowest BCUT2D eigenvalue weighted by Gasteiger charge is -2.07. The third-order valence-corrected chi connectivity index (χ3v) is 3.86. The molecule has 0 spiro atoms. The summed E-state index contributed by atoms with van der Waals surface area (Å²) >= 11 is 0. The van der Waals surface area contributed by atoms with Gasteiger partial charge in [0, 0.05) is 13.4 Å². The fourth-order valence-corrected chi connectivity index (χ4v) is 2.97. The van der Waals surface area contributed by atoms with E-state index in [1.807, 2.05) is 0 Å². The van der Waals surface area contributed by atoms with Crippen molar-refractivity contribution in [3.63, 3.8) is 0 Å². The molecule has 1 aliphatic rings. The molecule has 1 fully saturated rings. The Morgan fingerprint density at radius 1 is 1.62 bits per heavy atom. The molecule has 0 radical (unpaired) electrons. The Hall–Kier alpha value is 0.0600. The molecule has 0 bridgehead atoms. The lowest BCUT2D eigenvalue weighted by molar-refractivity contribution is 0.207. The minimum Gasteiger partial charge on any atom is -0.290 e. The Balaban J connectivity index is 2.56. The van der Waals surface area contributed by atoms with E-state index in [2.05, 4.69) is 4.52 Å². The van der Waals surface area contributed by atoms with E-state index >= 15 is 0 Å². The Labute approximate surface area is 76.7 Å². The van der Waals surface area contributed by atoms with Crippen molar-refractivity contribution in [3.8, 4) is 0 Å². The van der Waals surface area contributed by atoms with Gasteiger partial charge in [-0.05, 0) is 0 Å². The molecule has 2 unspecified atom stereocenters. The maximum absolute atomic E-state index is 11.2. The molecule has 13 heavy (non-hydrogen) atoms. The van der Waals surface area contributed by atoms with E-state index in [9.17, 15) is 13.0 Å². The zero-order chi connectivity index (χ0) is 10.1. The average molecular weight is 230 g/mol. The molecule has 0 saturated carbocycles. The largest absolute Gasteiger partial charge is 0.474 e. The van der Waals surface area contributed by atoms with Gasteiger partial charge in [0.1, 0.15) is 15.9 Å². The standard InChI is InChI=1S/C5H11O6PS/c1-9-12(6)10-3-5(11-12)4-13(2,7)8/h5H,3-4H2,1-2H3. The zero-order valence-corrected chi connectivity index (χ0v) is 9.01. The van der Waals surface area contributed by atoms with Gasteiger partial charge in [-0.1, -0.05) is 0 Å². The summed E-state index contributed by atoms with van der Waals surface area (Å²) in [5.74, 6) is -0.208. The molecule has 0 aliphatic carbocycles. The topological polar surface area (TPSA) is 78.9 Å². The molecule has 0 aromatic rings. The molecule has 1 rings (SSSR count). The fourth-order valence-electron chi connectivity index (χ4n) is 0.930. The molecule has 8 heteroatoms. The van der Waals surface area contributed by atoms with E-state index in [1.165, 1.54) is 7.11 Å². The predicted octanol–water partition coefficient (Wildman–Crippen LogP) is 0.201. The molecule has 6 nitrogen and oxygen atoms in total. The molecule has 0 aromatic heterocycles. The number of hydrogen-bond donors (Lipinski definition) is 0. The van der Waals surface area contributed by atoms with Gasteiger partial charge in [0.15, 0.2) is 0 Å². The van der Waals surface area contributed by atoms with E-state index in [4.69, 9.17) is 9.05 Å². The second-order valence-corrected chi connectivity index (χ2v) is 6.66. The number of phosphoric acid groups is 1. The zero-order valence-electron chi connectivity index (χ0n) is 7.30. The highest BCUT2D eigenvalue weighted by Crippen LogP contribution is 2.54. The lowest BCUT2D eigenvalue weighted by atomic mass is 10.4. The van der Waals surface area contributed by atoms with Gasteiger partial charge in [0.05, 0.1) is 12.4 Å². The van der Waals surface area contributed by atoms with Gasteiger partial charge in [-0.25, -0.2) is 13.0 Å². The van der Waals surface area contributed by atoms with Gasteiger partial charge in [-0.3, -0.25) is 13.6 Å². The van der Waals surface area contributed by atoms with Crippen LogP contribution in [0.15, 0.2) is 0 Å². The summed E-state index contributed by atoms with van der Waals surface area (Å²) in [6.07, 6.45) is 0.382. The number of hydrogen-bond acceptors (Lipinski definition) is 6. The quantitative estimate of drug-likeness (QED) is 0.644. The van der Waals surface area contributed by atoms with E-state index < -0.39 is 23.8 Å². The monoisotopic (exact) mass is 230 g/mol. The average Bonchev–Trinajstić information content (AvgIpc) is 2.30. The van der Waals surface area contributed by atoms with Gasteiger partial charge in [0.25, 0.3) is 0 Å². The van der Waals surface area contributed by atoms with Crippen LogP contribution < -0.4 is 0 Å². The molecular weight excluding hydrogens is 219 g/mol. The van der Waals surface area contributed by atoms with E-state index in [0.717, 1.165) is 6.26 Å². The van der Waals surface area contributed by atoms with Crippen molar-refractivity contribution in [3.05, 3.63) is 0 Å². The fraction of sp³-hybridized carbons (Fsp3) is 1.00. The summed E-state index contributed by atoms with van der Waals surface area (Å²) < 4.78 is 46.8. The number of phosphoric ester groups is 1. The van der Waals surface area contributed by atoms with E-state index in [-0.39, 0.29) is 12.4 Å². The third-order valence-electron chi connectivity index (χ3n) is 1.41. The molecule has 1 saturated heterocycles. The van der Waals surface area contributed by atoms with Gasteiger partial charge >= 0.3 is 7.82 Å².